The van der Waals surface area contributed by atoms with Crippen LogP contribution in [0.25, 0.3) is 11.6 Å². The average molecular weight is 563 g/mol. The molecular weight excluding hydrogens is 533 g/mol. The average Bonchev–Trinajstić information content (AvgIpc) is 3.33. The van der Waals surface area contributed by atoms with E-state index in [2.05, 4.69) is 20.5 Å². The topological polar surface area (TPSA) is 99.4 Å². The number of thioether (sulfide) groups is 1. The van der Waals surface area contributed by atoms with Crippen molar-refractivity contribution in [3.8, 4) is 11.6 Å². The Balaban J connectivity index is 1.80. The minimum Gasteiger partial charge on any atom is -0.444 e. The molecule has 1 aromatic carbocycles. The maximum atomic E-state index is 14.8. The van der Waals surface area contributed by atoms with E-state index in [-0.39, 0.29) is 23.9 Å². The molecule has 8 nitrogen and oxygen atoms in total. The van der Waals surface area contributed by atoms with Gasteiger partial charge >= 0.3 is 12.3 Å². The van der Waals surface area contributed by atoms with Gasteiger partial charge in [-0.2, -0.15) is 13.2 Å². The first kappa shape index (κ1) is 28.6. The molecule has 0 radical (unpaired) electrons. The first-order chi connectivity index (χ1) is 18.4. The van der Waals surface area contributed by atoms with Crippen molar-refractivity contribution in [2.45, 2.75) is 69.5 Å². The van der Waals surface area contributed by atoms with Gasteiger partial charge in [-0.05, 0) is 51.3 Å². The second-order valence-corrected chi connectivity index (χ2v) is 11.0. The third-order valence-electron chi connectivity index (χ3n) is 5.66. The highest BCUT2D eigenvalue weighted by Gasteiger charge is 2.61. The van der Waals surface area contributed by atoms with Crippen LogP contribution in [0, 0.1) is 6.92 Å². The quantitative estimate of drug-likeness (QED) is 0.333. The molecule has 1 N–H and O–H groups in total. The molecule has 0 saturated heterocycles. The van der Waals surface area contributed by atoms with Crippen molar-refractivity contribution in [2.24, 2.45) is 0 Å². The van der Waals surface area contributed by atoms with E-state index in [1.165, 1.54) is 17.8 Å². The van der Waals surface area contributed by atoms with Crippen LogP contribution >= 0.6 is 11.8 Å². The Labute approximate surface area is 228 Å². The molecule has 4 bridgehead atoms. The van der Waals surface area contributed by atoms with Crippen LogP contribution in [0.4, 0.5) is 23.7 Å². The van der Waals surface area contributed by atoms with E-state index in [0.717, 1.165) is 5.56 Å². The summed E-state index contributed by atoms with van der Waals surface area (Å²) in [5, 5.41) is 10.9. The number of pyridine rings is 1. The first-order valence-corrected chi connectivity index (χ1v) is 13.2. The summed E-state index contributed by atoms with van der Waals surface area (Å²) in [6.07, 6.45) is -2.63. The lowest BCUT2D eigenvalue weighted by Crippen LogP contribution is -2.45. The van der Waals surface area contributed by atoms with Gasteiger partial charge < -0.3 is 13.9 Å². The Hall–Kier alpha value is -3.38. The van der Waals surface area contributed by atoms with Crippen molar-refractivity contribution in [2.75, 3.05) is 11.1 Å². The minimum absolute atomic E-state index is 0.0269. The number of allylic oxidation sites excluding steroid dienone is 1. The number of benzene rings is 1. The SMILES string of the molecule is Cc1cc(NC(=O)OC(C)(C)C)c2nc1SCCC=CC[C@](OCc1ccccc1)(C(F)(F)F)c1nnc-2o1. The van der Waals surface area contributed by atoms with Crippen LogP contribution in [-0.4, -0.2) is 38.8 Å². The van der Waals surface area contributed by atoms with Gasteiger partial charge in [-0.15, -0.1) is 22.0 Å². The fourth-order valence-corrected chi connectivity index (χ4v) is 4.68. The van der Waals surface area contributed by atoms with Crippen molar-refractivity contribution in [1.82, 2.24) is 15.2 Å². The molecule has 39 heavy (non-hydrogen) atoms. The zero-order chi connectivity index (χ0) is 28.3. The number of nitrogens with zero attached hydrogens (tertiary/aromatic N) is 3. The molecule has 0 unspecified atom stereocenters. The largest absolute Gasteiger partial charge is 0.444 e. The number of aryl methyl sites for hydroxylation is 1. The van der Waals surface area contributed by atoms with Crippen LogP contribution in [0.2, 0.25) is 0 Å². The number of alkyl halides is 3. The zero-order valence-electron chi connectivity index (χ0n) is 22.0. The molecule has 3 aromatic rings. The van der Waals surface area contributed by atoms with Gasteiger partial charge in [0.25, 0.3) is 11.8 Å². The zero-order valence-corrected chi connectivity index (χ0v) is 22.8. The Kier molecular flexibility index (Phi) is 8.36. The molecule has 0 aliphatic carbocycles. The Bertz CT molecular complexity index is 1340. The standard InChI is InChI=1S/C27H29F3N4O4S/c1-17-15-19(31-24(35)38-25(2,3)4)20-21-33-34-23(37-21)26(27(28,29)30,36-16-18-11-7-5-8-12-18)13-9-6-10-14-39-22(17)32-20/h5-9,11-12,15H,10,13-14,16H2,1-4H3,(H,31,35)/t26-/m1/s1. The van der Waals surface area contributed by atoms with Gasteiger partial charge in [0.15, 0.2) is 5.69 Å². The molecule has 1 atom stereocenters. The number of carbonyl (C=O) groups excluding carboxylic acids is 1. The van der Waals surface area contributed by atoms with Gasteiger partial charge in [0.2, 0.25) is 5.60 Å². The minimum atomic E-state index is -4.89. The molecule has 1 aliphatic rings. The molecule has 3 heterocycles. The number of amides is 1. The van der Waals surface area contributed by atoms with Gasteiger partial charge in [0.05, 0.1) is 12.3 Å². The molecule has 0 fully saturated rings. The van der Waals surface area contributed by atoms with Crippen molar-refractivity contribution in [3.05, 3.63) is 65.6 Å². The fraction of sp³-hybridized carbons (Fsp3) is 0.407. The van der Waals surface area contributed by atoms with Crippen molar-refractivity contribution in [3.63, 3.8) is 0 Å². The predicted octanol–water partition coefficient (Wildman–Crippen LogP) is 7.20. The number of anilines is 1. The van der Waals surface area contributed by atoms with Gasteiger partial charge in [0, 0.05) is 12.2 Å². The maximum Gasteiger partial charge on any atom is 0.426 e. The number of carbonyl (C=O) groups is 1. The number of ether oxygens (including phenoxy) is 2. The number of rotatable bonds is 4. The van der Waals surface area contributed by atoms with Crippen molar-refractivity contribution >= 4 is 23.5 Å². The van der Waals surface area contributed by atoms with E-state index < -0.39 is 35.8 Å². The maximum absolute atomic E-state index is 14.8. The lowest BCUT2D eigenvalue weighted by atomic mass is 9.97. The summed E-state index contributed by atoms with van der Waals surface area (Å²) in [5.41, 5.74) is -2.18. The summed E-state index contributed by atoms with van der Waals surface area (Å²) in [5.74, 6) is -0.483. The number of hydrogen-bond acceptors (Lipinski definition) is 8. The fourth-order valence-electron chi connectivity index (χ4n) is 3.79. The molecule has 2 aromatic heterocycles. The van der Waals surface area contributed by atoms with E-state index in [1.54, 1.807) is 63.2 Å². The lowest BCUT2D eigenvalue weighted by Gasteiger charge is -2.31. The van der Waals surface area contributed by atoms with E-state index in [1.807, 2.05) is 6.92 Å². The van der Waals surface area contributed by atoms with E-state index >= 15 is 0 Å². The van der Waals surface area contributed by atoms with E-state index in [4.69, 9.17) is 13.9 Å². The van der Waals surface area contributed by atoms with Crippen molar-refractivity contribution < 1.29 is 31.9 Å². The number of fused-ring (bicyclic) bond motifs is 5. The third-order valence-corrected chi connectivity index (χ3v) is 6.78. The van der Waals surface area contributed by atoms with E-state index in [0.29, 0.717) is 22.8 Å². The Morgan fingerprint density at radius 1 is 1.15 bits per heavy atom. The van der Waals surface area contributed by atoms with Gasteiger partial charge in [-0.25, -0.2) is 9.78 Å². The Morgan fingerprint density at radius 3 is 2.59 bits per heavy atom. The number of nitrogens with one attached hydrogen (secondary N) is 1. The number of hydrogen-bond donors (Lipinski definition) is 1. The molecule has 208 valence electrons. The lowest BCUT2D eigenvalue weighted by molar-refractivity contribution is -0.295. The van der Waals surface area contributed by atoms with E-state index in [9.17, 15) is 18.0 Å². The predicted molar refractivity (Wildman–Crippen MR) is 140 cm³/mol. The molecular formula is C27H29F3N4O4S. The highest BCUT2D eigenvalue weighted by Crippen LogP contribution is 2.46. The normalized spacial score (nSPS) is 18.0. The summed E-state index contributed by atoms with van der Waals surface area (Å²) in [6, 6.07) is 10.2. The second-order valence-electron chi connectivity index (χ2n) is 9.96. The smallest absolute Gasteiger partial charge is 0.426 e. The molecule has 12 heteroatoms. The third kappa shape index (κ3) is 6.80. The summed E-state index contributed by atoms with van der Waals surface area (Å²) in [6.45, 7) is 6.62. The van der Waals surface area contributed by atoms with Crippen LogP contribution in [0.15, 0.2) is 58.0 Å². The molecule has 0 spiro atoms. The first-order valence-electron chi connectivity index (χ1n) is 12.3. The molecule has 1 amide bonds. The summed E-state index contributed by atoms with van der Waals surface area (Å²) in [4.78, 5) is 17.1. The molecule has 0 saturated carbocycles. The van der Waals surface area contributed by atoms with Gasteiger partial charge in [0.1, 0.15) is 10.6 Å². The molecule has 1 aliphatic heterocycles. The number of aromatic nitrogens is 3. The van der Waals surface area contributed by atoms with Crippen molar-refractivity contribution in [1.29, 1.82) is 0 Å². The summed E-state index contributed by atoms with van der Waals surface area (Å²) < 4.78 is 60.9. The highest BCUT2D eigenvalue weighted by molar-refractivity contribution is 7.99. The second kappa shape index (κ2) is 11.4. The Morgan fingerprint density at radius 2 is 1.90 bits per heavy atom. The van der Waals surface area contributed by atoms with Crippen LogP contribution < -0.4 is 5.32 Å². The van der Waals surface area contributed by atoms with Crippen LogP contribution in [0.5, 0.6) is 0 Å². The number of halogens is 3. The monoisotopic (exact) mass is 562 g/mol. The summed E-state index contributed by atoms with van der Waals surface area (Å²) >= 11 is 1.43. The molecule has 4 rings (SSSR count). The van der Waals surface area contributed by atoms with Crippen LogP contribution in [0.1, 0.15) is 50.6 Å². The summed E-state index contributed by atoms with van der Waals surface area (Å²) in [7, 11) is 0. The van der Waals surface area contributed by atoms with Gasteiger partial charge in [-0.3, -0.25) is 5.32 Å². The van der Waals surface area contributed by atoms with Gasteiger partial charge in [-0.1, -0.05) is 42.5 Å². The highest BCUT2D eigenvalue weighted by atomic mass is 32.2. The van der Waals surface area contributed by atoms with Crippen LogP contribution in [-0.2, 0) is 21.7 Å². The van der Waals surface area contributed by atoms with Crippen LogP contribution in [0.3, 0.4) is 0 Å².